The molecule has 0 atom stereocenters. The Hall–Kier alpha value is -3.79. The van der Waals surface area contributed by atoms with Gasteiger partial charge in [-0.25, -0.2) is 4.98 Å². The molecule has 0 saturated carbocycles. The van der Waals surface area contributed by atoms with Gasteiger partial charge in [-0.15, -0.1) is 0 Å². The van der Waals surface area contributed by atoms with Crippen molar-refractivity contribution in [3.63, 3.8) is 0 Å². The van der Waals surface area contributed by atoms with Crippen LogP contribution in [0.15, 0.2) is 82.9 Å². The number of rotatable bonds is 7. The summed E-state index contributed by atoms with van der Waals surface area (Å²) in [6.07, 6.45) is 2.55. The number of aromatic nitrogens is 1. The quantitative estimate of drug-likeness (QED) is 0.280. The van der Waals surface area contributed by atoms with E-state index in [1.165, 1.54) is 42.6 Å². The van der Waals surface area contributed by atoms with Crippen LogP contribution in [0.1, 0.15) is 5.56 Å². The van der Waals surface area contributed by atoms with Crippen LogP contribution < -0.4 is 9.61 Å². The molecule has 10 heteroatoms. The Balaban J connectivity index is 1.68. The number of hydrogen-bond donors (Lipinski definition) is 1. The highest BCUT2D eigenvalue weighted by Crippen LogP contribution is 2.19. The molecular formula is C18H14N4O5S. The fourth-order valence-electron chi connectivity index (χ4n) is 2.14. The minimum Gasteiger partial charge on any atom is -0.379 e. The van der Waals surface area contributed by atoms with Gasteiger partial charge < -0.3 is 4.18 Å². The lowest BCUT2D eigenvalue weighted by Gasteiger charge is -2.07. The number of nitrogens with zero attached hydrogens (tertiary/aromatic N) is 3. The predicted molar refractivity (Wildman–Crippen MR) is 103 cm³/mol. The number of hydrogen-bond acceptors (Lipinski definition) is 8. The molecule has 3 rings (SSSR count). The highest BCUT2D eigenvalue weighted by atomic mass is 32.2. The first-order valence-corrected chi connectivity index (χ1v) is 9.34. The average molecular weight is 398 g/mol. The van der Waals surface area contributed by atoms with E-state index < -0.39 is 15.0 Å². The second kappa shape index (κ2) is 8.27. The zero-order chi connectivity index (χ0) is 20.0. The fourth-order valence-corrected chi connectivity index (χ4v) is 3.09. The molecule has 142 valence electrons. The zero-order valence-corrected chi connectivity index (χ0v) is 15.1. The lowest BCUT2D eigenvalue weighted by Crippen LogP contribution is -2.09. The number of nitro groups is 1. The molecule has 0 spiro atoms. The number of benzene rings is 2. The second-order valence-electron chi connectivity index (χ2n) is 5.45. The average Bonchev–Trinajstić information content (AvgIpc) is 2.69. The van der Waals surface area contributed by atoms with Gasteiger partial charge in [0.1, 0.15) is 22.7 Å². The van der Waals surface area contributed by atoms with Gasteiger partial charge >= 0.3 is 10.1 Å². The molecular weight excluding hydrogens is 384 g/mol. The van der Waals surface area contributed by atoms with Crippen LogP contribution in [0.5, 0.6) is 5.75 Å². The van der Waals surface area contributed by atoms with Crippen molar-refractivity contribution in [2.24, 2.45) is 5.10 Å². The molecule has 1 N–H and O–H groups in total. The standard InChI is InChI=1S/C18H14N4O5S/c23-22(24)15-9-10-18(19-13-15)21-20-12-14-5-4-6-16(11-14)27-28(25,26)17-7-2-1-3-8-17/h1-13H,(H,19,21)/b20-12-. The van der Waals surface area contributed by atoms with Crippen molar-refractivity contribution < 1.29 is 17.5 Å². The molecule has 1 heterocycles. The van der Waals surface area contributed by atoms with Crippen molar-refractivity contribution in [2.45, 2.75) is 4.90 Å². The Labute approximate surface area is 160 Å². The number of anilines is 1. The van der Waals surface area contributed by atoms with E-state index in [4.69, 9.17) is 4.18 Å². The van der Waals surface area contributed by atoms with Crippen LogP contribution in [-0.4, -0.2) is 24.5 Å². The molecule has 0 aliphatic carbocycles. The fraction of sp³-hybridized carbons (Fsp3) is 0. The van der Waals surface area contributed by atoms with E-state index in [9.17, 15) is 18.5 Å². The summed E-state index contributed by atoms with van der Waals surface area (Å²) in [5.41, 5.74) is 3.08. The molecule has 9 nitrogen and oxygen atoms in total. The second-order valence-corrected chi connectivity index (χ2v) is 7.00. The van der Waals surface area contributed by atoms with Gasteiger partial charge in [-0.05, 0) is 35.9 Å². The number of nitrogens with one attached hydrogen (secondary N) is 1. The summed E-state index contributed by atoms with van der Waals surface area (Å²) >= 11 is 0. The zero-order valence-electron chi connectivity index (χ0n) is 14.3. The summed E-state index contributed by atoms with van der Waals surface area (Å²) in [5.74, 6) is 0.460. The smallest absolute Gasteiger partial charge is 0.339 e. The van der Waals surface area contributed by atoms with E-state index in [0.717, 1.165) is 6.20 Å². The molecule has 2 aromatic carbocycles. The van der Waals surface area contributed by atoms with Crippen LogP contribution >= 0.6 is 0 Å². The third-order valence-corrected chi connectivity index (χ3v) is 4.71. The van der Waals surface area contributed by atoms with Gasteiger partial charge in [0, 0.05) is 6.07 Å². The maximum absolute atomic E-state index is 12.3. The van der Waals surface area contributed by atoms with Crippen molar-refractivity contribution in [3.05, 3.63) is 88.6 Å². The van der Waals surface area contributed by atoms with Crippen LogP contribution in [0.3, 0.4) is 0 Å². The van der Waals surface area contributed by atoms with Crippen LogP contribution in [0, 0.1) is 10.1 Å². The third-order valence-electron chi connectivity index (χ3n) is 3.45. The van der Waals surface area contributed by atoms with Crippen molar-refractivity contribution in [1.82, 2.24) is 4.98 Å². The lowest BCUT2D eigenvalue weighted by molar-refractivity contribution is -0.385. The van der Waals surface area contributed by atoms with Gasteiger partial charge in [0.2, 0.25) is 0 Å². The first kappa shape index (κ1) is 19.0. The molecule has 0 bridgehead atoms. The molecule has 3 aromatic rings. The topological polar surface area (TPSA) is 124 Å². The third kappa shape index (κ3) is 4.89. The lowest BCUT2D eigenvalue weighted by atomic mass is 10.2. The summed E-state index contributed by atoms with van der Waals surface area (Å²) in [6, 6.07) is 16.9. The minimum absolute atomic E-state index is 0.0555. The Morgan fingerprint density at radius 2 is 1.86 bits per heavy atom. The van der Waals surface area contributed by atoms with Crippen LogP contribution in [-0.2, 0) is 10.1 Å². The molecule has 1 aromatic heterocycles. The Kier molecular flexibility index (Phi) is 5.61. The van der Waals surface area contributed by atoms with Gasteiger partial charge in [0.25, 0.3) is 5.69 Å². The maximum atomic E-state index is 12.3. The first-order chi connectivity index (χ1) is 13.4. The highest BCUT2D eigenvalue weighted by molar-refractivity contribution is 7.87. The summed E-state index contributed by atoms with van der Waals surface area (Å²) in [6.45, 7) is 0. The molecule has 0 unspecified atom stereocenters. The Bertz CT molecular complexity index is 1100. The van der Waals surface area contributed by atoms with Gasteiger partial charge in [-0.3, -0.25) is 15.5 Å². The summed E-state index contributed by atoms with van der Waals surface area (Å²) in [7, 11) is -3.93. The molecule has 0 aliphatic rings. The molecule has 0 fully saturated rings. The van der Waals surface area contributed by atoms with E-state index >= 15 is 0 Å². The highest BCUT2D eigenvalue weighted by Gasteiger charge is 2.15. The van der Waals surface area contributed by atoms with Crippen LogP contribution in [0.4, 0.5) is 11.5 Å². The maximum Gasteiger partial charge on any atom is 0.339 e. The number of hydrazone groups is 1. The first-order valence-electron chi connectivity index (χ1n) is 7.93. The molecule has 28 heavy (non-hydrogen) atoms. The molecule has 0 saturated heterocycles. The van der Waals surface area contributed by atoms with E-state index in [2.05, 4.69) is 15.5 Å². The molecule has 0 radical (unpaired) electrons. The SMILES string of the molecule is O=[N+]([O-])c1ccc(N/N=C\c2cccc(OS(=O)(=O)c3ccccc3)c2)nc1. The largest absolute Gasteiger partial charge is 0.379 e. The van der Waals surface area contributed by atoms with Gasteiger partial charge in [0.05, 0.1) is 11.1 Å². The van der Waals surface area contributed by atoms with Crippen molar-refractivity contribution in [1.29, 1.82) is 0 Å². The van der Waals surface area contributed by atoms with E-state index in [-0.39, 0.29) is 16.3 Å². The van der Waals surface area contributed by atoms with Crippen LogP contribution in [0.25, 0.3) is 0 Å². The summed E-state index contributed by atoms with van der Waals surface area (Å²) < 4.78 is 29.7. The van der Waals surface area contributed by atoms with Crippen LogP contribution in [0.2, 0.25) is 0 Å². The normalized spacial score (nSPS) is 11.3. The minimum atomic E-state index is -3.93. The monoisotopic (exact) mass is 398 g/mol. The van der Waals surface area contributed by atoms with Crippen molar-refractivity contribution in [2.75, 3.05) is 5.43 Å². The number of pyridine rings is 1. The van der Waals surface area contributed by atoms with Gasteiger partial charge in [-0.1, -0.05) is 30.3 Å². The molecule has 0 aliphatic heterocycles. The van der Waals surface area contributed by atoms with Crippen molar-refractivity contribution >= 4 is 27.8 Å². The predicted octanol–water partition coefficient (Wildman–Crippen LogP) is 3.20. The van der Waals surface area contributed by atoms with E-state index in [1.807, 2.05) is 0 Å². The Morgan fingerprint density at radius 1 is 1.07 bits per heavy atom. The molecule has 0 amide bonds. The van der Waals surface area contributed by atoms with Gasteiger partial charge in [0.15, 0.2) is 0 Å². The van der Waals surface area contributed by atoms with E-state index in [0.29, 0.717) is 11.4 Å². The van der Waals surface area contributed by atoms with Gasteiger partial charge in [-0.2, -0.15) is 13.5 Å². The summed E-state index contributed by atoms with van der Waals surface area (Å²) in [4.78, 5) is 14.0. The van der Waals surface area contributed by atoms with E-state index in [1.54, 1.807) is 30.3 Å². The Morgan fingerprint density at radius 3 is 2.54 bits per heavy atom. The van der Waals surface area contributed by atoms with Crippen molar-refractivity contribution in [3.8, 4) is 5.75 Å². The summed E-state index contributed by atoms with van der Waals surface area (Å²) in [5, 5.41) is 14.6.